The van der Waals surface area contributed by atoms with Crippen molar-refractivity contribution in [1.29, 1.82) is 0 Å². The van der Waals surface area contributed by atoms with E-state index in [0.717, 1.165) is 0 Å². The molecule has 0 aliphatic heterocycles. The van der Waals surface area contributed by atoms with E-state index in [1.807, 2.05) is 0 Å². The second-order valence-corrected chi connectivity index (χ2v) is 6.71. The van der Waals surface area contributed by atoms with Gasteiger partial charge in [-0.25, -0.2) is 27.4 Å². The number of hydrogen-bond acceptors (Lipinski definition) is 24. The first-order chi connectivity index (χ1) is 13.6. The Morgan fingerprint density at radius 1 is 0.529 bits per heavy atom. The zero-order valence-electron chi connectivity index (χ0n) is 14.0. The van der Waals surface area contributed by atoms with Gasteiger partial charge >= 0.3 is 38.2 Å². The molecular weight excluding hydrogens is 784 g/mol. The molecule has 0 aliphatic rings. The summed E-state index contributed by atoms with van der Waals surface area (Å²) in [5.41, 5.74) is 0. The van der Waals surface area contributed by atoms with E-state index in [1.165, 1.54) is 0 Å². The van der Waals surface area contributed by atoms with Gasteiger partial charge in [-0.1, -0.05) is 13.0 Å². The summed E-state index contributed by atoms with van der Waals surface area (Å²) in [5, 5.41) is 20.3. The summed E-state index contributed by atoms with van der Waals surface area (Å²) < 4.78 is 140. The van der Waals surface area contributed by atoms with Crippen molar-refractivity contribution in [2.24, 2.45) is 0 Å². The minimum atomic E-state index is -5.38. The van der Waals surface area contributed by atoms with Crippen LogP contribution in [0.5, 0.6) is 0 Å². The average molecular weight is 786 g/mol. The molecule has 0 amide bonds. The van der Waals surface area contributed by atoms with Gasteiger partial charge < -0.3 is 18.2 Å². The molecule has 0 saturated heterocycles. The van der Waals surface area contributed by atoms with Gasteiger partial charge in [-0.3, -0.25) is 0 Å². The second-order valence-electron chi connectivity index (χ2n) is 2.33. The topological polar surface area (TPSA) is 362 Å². The van der Waals surface area contributed by atoms with Crippen molar-refractivity contribution < 1.29 is 177 Å². The van der Waals surface area contributed by atoms with Gasteiger partial charge in [0, 0.05) is 52.1 Å². The van der Waals surface area contributed by atoms with E-state index in [0.29, 0.717) is 0 Å². The molecule has 0 fully saturated rings. The molecule has 34 heavy (non-hydrogen) atoms. The molecule has 34 heteroatoms. The first-order valence-electron chi connectivity index (χ1n) is 4.53. The Hall–Kier alpha value is 1.99. The maximum Gasteiger partial charge on any atom is 3.00 e. The van der Waals surface area contributed by atoms with Crippen molar-refractivity contribution in [3.05, 3.63) is 0 Å². The van der Waals surface area contributed by atoms with Crippen LogP contribution < -0.4 is 0 Å². The summed E-state index contributed by atoms with van der Waals surface area (Å²) in [6, 6.07) is 0. The number of hydrogen-bond donors (Lipinski definition) is 2. The van der Waals surface area contributed by atoms with Gasteiger partial charge in [0.2, 0.25) is 0 Å². The SMILES string of the molecule is O=S([O-])OO.O=S([O-])OO.O=S([O-])OOOOS(=O)(=O)OOS(=O)(=O)OOS(=O)[O-].[Cr+3].[Cr].[Cr].[Cr]. The Morgan fingerprint density at radius 2 is 0.824 bits per heavy atom. The van der Waals surface area contributed by atoms with E-state index in [2.05, 4.69) is 44.7 Å². The molecule has 0 aromatic carbocycles. The first kappa shape index (κ1) is 52.4. The minimum absolute atomic E-state index is 0. The molecule has 4 atom stereocenters. The van der Waals surface area contributed by atoms with Gasteiger partial charge in [0.05, 0.1) is 0 Å². The molecule has 2 N–H and O–H groups in total. The van der Waals surface area contributed by atoms with Crippen molar-refractivity contribution in [1.82, 2.24) is 0 Å². The molecule has 0 aliphatic carbocycles. The minimum Gasteiger partial charge on any atom is -0.748 e. The Kier molecular flexibility index (Phi) is 48.1. The molecule has 0 rings (SSSR count). The second kappa shape index (κ2) is 31.2. The standard InChI is InChI=1S/4Cr.H2O16S4.2H2O4S/c;;;;1-17(2)11-9-10-13-19(5,6)15-16-20(7,8)14-12-18(3)4;2*1-4-5(2)3/h;;;;(H,1,2)(H,3,4);2*1H,(H,2,3)/q;;;+3;;;/p-4. The zero-order chi connectivity index (χ0) is 24.4. The van der Waals surface area contributed by atoms with Gasteiger partial charge in [0.1, 0.15) is 45.4 Å². The van der Waals surface area contributed by atoms with Crippen LogP contribution in [0.15, 0.2) is 0 Å². The first-order valence-corrected chi connectivity index (χ1v) is 11.2. The predicted octanol–water partition coefficient (Wildman–Crippen LogP) is -4.70. The van der Waals surface area contributed by atoms with Gasteiger partial charge in [-0.05, 0) is 14.4 Å². The van der Waals surface area contributed by atoms with Crippen LogP contribution in [0.2, 0.25) is 0 Å². The maximum absolute atomic E-state index is 10.6. The van der Waals surface area contributed by atoms with Crippen LogP contribution >= 0.6 is 0 Å². The summed E-state index contributed by atoms with van der Waals surface area (Å²) >= 11 is -12.2. The molecule has 0 aromatic heterocycles. The van der Waals surface area contributed by atoms with E-state index in [-0.39, 0.29) is 69.4 Å². The Balaban J connectivity index is -0.0000000882. The van der Waals surface area contributed by atoms with Crippen molar-refractivity contribution >= 4 is 66.2 Å². The van der Waals surface area contributed by atoms with Gasteiger partial charge in [-0.2, -0.15) is 16.8 Å². The smallest absolute Gasteiger partial charge is 0.748 e. The monoisotopic (exact) mass is 785 g/mol. The summed E-state index contributed by atoms with van der Waals surface area (Å²) in [5.74, 6) is 0. The molecular formula is H2Cr4O24S6-. The fourth-order valence-corrected chi connectivity index (χ4v) is 1.43. The fraction of sp³-hybridized carbons (Fsp3) is 0. The molecule has 24 nitrogen and oxygen atoms in total. The van der Waals surface area contributed by atoms with Gasteiger partial charge in [0.25, 0.3) is 0 Å². The van der Waals surface area contributed by atoms with Gasteiger partial charge in [0.15, 0.2) is 0 Å². The van der Waals surface area contributed by atoms with Crippen LogP contribution in [0.1, 0.15) is 0 Å². The van der Waals surface area contributed by atoms with Crippen molar-refractivity contribution in [3.8, 4) is 0 Å². The third kappa shape index (κ3) is 50.8. The van der Waals surface area contributed by atoms with Crippen LogP contribution in [0.3, 0.4) is 0 Å². The van der Waals surface area contributed by atoms with Crippen molar-refractivity contribution in [2.45, 2.75) is 0 Å². The van der Waals surface area contributed by atoms with E-state index in [4.69, 9.17) is 28.0 Å². The normalized spacial score (nSPS) is 13.7. The van der Waals surface area contributed by atoms with E-state index >= 15 is 0 Å². The summed E-state index contributed by atoms with van der Waals surface area (Å²) in [7, 11) is -10.7. The Labute approximate surface area is 241 Å². The number of rotatable bonds is 13. The fourth-order valence-electron chi connectivity index (χ4n) is 0.227. The molecule has 4 unspecified atom stereocenters. The molecule has 1 radical (unpaired) electrons. The van der Waals surface area contributed by atoms with E-state index in [9.17, 15) is 34.4 Å². The van der Waals surface area contributed by atoms with Crippen LogP contribution in [-0.4, -0.2) is 62.4 Å². The Morgan fingerprint density at radius 3 is 1.09 bits per heavy atom. The van der Waals surface area contributed by atoms with Crippen molar-refractivity contribution in [2.75, 3.05) is 0 Å². The van der Waals surface area contributed by atoms with Crippen LogP contribution in [0.4, 0.5) is 0 Å². The largest absolute Gasteiger partial charge is 3.00 e. The summed E-state index contributed by atoms with van der Waals surface area (Å²) in [6.45, 7) is 0. The molecule has 207 valence electrons. The maximum atomic E-state index is 10.6. The summed E-state index contributed by atoms with van der Waals surface area (Å²) in [6.07, 6.45) is 0. The van der Waals surface area contributed by atoms with Crippen LogP contribution in [0.25, 0.3) is 0 Å². The van der Waals surface area contributed by atoms with Crippen molar-refractivity contribution in [3.63, 3.8) is 0 Å². The van der Waals surface area contributed by atoms with E-state index in [1.54, 1.807) is 0 Å². The average Bonchev–Trinajstić information content (AvgIpc) is 2.63. The van der Waals surface area contributed by atoms with Crippen LogP contribution in [-0.2, 0) is 180 Å². The molecule has 0 aromatic rings. The summed E-state index contributed by atoms with van der Waals surface area (Å²) in [4.78, 5) is 0. The Bertz CT molecular complexity index is 725. The van der Waals surface area contributed by atoms with Gasteiger partial charge in [-0.15, -0.1) is 17.3 Å². The predicted molar refractivity (Wildman–Crippen MR) is 69.6 cm³/mol. The molecule has 0 spiro atoms. The zero-order valence-corrected chi connectivity index (χ0v) is 24.0. The van der Waals surface area contributed by atoms with Crippen LogP contribution in [0, 0.1) is 0 Å². The molecule has 0 saturated carbocycles. The molecule has 0 bridgehead atoms. The molecule has 0 heterocycles. The van der Waals surface area contributed by atoms with E-state index < -0.39 is 66.2 Å². The quantitative estimate of drug-likeness (QED) is 0.0766. The third-order valence-electron chi connectivity index (χ3n) is 0.705. The third-order valence-corrected chi connectivity index (χ3v) is 2.39.